The van der Waals surface area contributed by atoms with Crippen LogP contribution in [0.5, 0.6) is 0 Å². The zero-order valence-electron chi connectivity index (χ0n) is 16.9. The summed E-state index contributed by atoms with van der Waals surface area (Å²) in [5.74, 6) is 1.92. The van der Waals surface area contributed by atoms with Gasteiger partial charge < -0.3 is 5.32 Å². The van der Waals surface area contributed by atoms with E-state index in [1.807, 2.05) is 6.92 Å². The lowest BCUT2D eigenvalue weighted by atomic mass is 10.0. The number of halogens is 1. The third-order valence-electron chi connectivity index (χ3n) is 5.28. The summed E-state index contributed by atoms with van der Waals surface area (Å²) in [5.41, 5.74) is 1.43. The van der Waals surface area contributed by atoms with Crippen molar-refractivity contribution >= 4 is 23.5 Å². The Labute approximate surface area is 178 Å². The van der Waals surface area contributed by atoms with Crippen LogP contribution in [0.4, 0.5) is 10.2 Å². The van der Waals surface area contributed by atoms with E-state index in [0.717, 1.165) is 30.3 Å². The maximum Gasteiger partial charge on any atom is 0.236 e. The Kier molecular flexibility index (Phi) is 6.47. The van der Waals surface area contributed by atoms with E-state index in [9.17, 15) is 9.18 Å². The zero-order chi connectivity index (χ0) is 20.9. The first kappa shape index (κ1) is 20.6. The van der Waals surface area contributed by atoms with Gasteiger partial charge in [-0.25, -0.2) is 14.1 Å². The van der Waals surface area contributed by atoms with Crippen molar-refractivity contribution in [1.29, 1.82) is 0 Å². The van der Waals surface area contributed by atoms with E-state index >= 15 is 0 Å². The number of aryl methyl sites for hydroxylation is 2. The van der Waals surface area contributed by atoms with Crippen LogP contribution < -0.4 is 5.32 Å². The smallest absolute Gasteiger partial charge is 0.236 e. The van der Waals surface area contributed by atoms with Gasteiger partial charge in [0, 0.05) is 12.5 Å². The average Bonchev–Trinajstić information content (AvgIpc) is 3.47. The molecule has 0 radical (unpaired) electrons. The van der Waals surface area contributed by atoms with Crippen molar-refractivity contribution in [2.75, 3.05) is 11.1 Å². The van der Waals surface area contributed by atoms with Crippen LogP contribution in [0, 0.1) is 18.7 Å². The highest BCUT2D eigenvalue weighted by molar-refractivity contribution is 7.99. The van der Waals surface area contributed by atoms with Crippen LogP contribution in [-0.2, 0) is 11.2 Å². The Bertz CT molecular complexity index is 993. The molecule has 3 aromatic rings. The predicted molar refractivity (Wildman–Crippen MR) is 114 cm³/mol. The Hall–Kier alpha value is -2.68. The topological polar surface area (TPSA) is 88.5 Å². The van der Waals surface area contributed by atoms with Gasteiger partial charge in [-0.05, 0) is 43.5 Å². The first-order valence-corrected chi connectivity index (χ1v) is 11.2. The van der Waals surface area contributed by atoms with Crippen molar-refractivity contribution in [3.8, 4) is 5.69 Å². The molecule has 0 atom stereocenters. The molecular weight excluding hydrogens is 403 g/mol. The highest BCUT2D eigenvalue weighted by atomic mass is 32.2. The number of H-pyrrole nitrogens is 1. The van der Waals surface area contributed by atoms with Crippen LogP contribution in [-0.4, -0.2) is 36.6 Å². The number of nitrogens with one attached hydrogen (secondary N) is 2. The molecule has 158 valence electrons. The summed E-state index contributed by atoms with van der Waals surface area (Å²) >= 11 is 1.29. The molecule has 4 rings (SSSR count). The fourth-order valence-corrected chi connectivity index (χ4v) is 4.39. The third-order valence-corrected chi connectivity index (χ3v) is 6.13. The molecule has 0 saturated heterocycles. The van der Waals surface area contributed by atoms with Crippen LogP contribution in [0.15, 0.2) is 35.5 Å². The number of aromatic nitrogens is 5. The second-order valence-electron chi connectivity index (χ2n) is 7.65. The SMILES string of the molecule is Cc1cc(NC(=O)CSc2n[nH]c(CCC3CCCC3)n2)n(-c2ccc(F)cc2)n1. The number of carbonyl (C=O) groups excluding carboxylic acids is 1. The molecular formula is C21H25FN6OS. The minimum absolute atomic E-state index is 0.180. The number of benzene rings is 1. The summed E-state index contributed by atoms with van der Waals surface area (Å²) in [6.45, 7) is 1.84. The van der Waals surface area contributed by atoms with E-state index in [-0.39, 0.29) is 17.5 Å². The van der Waals surface area contributed by atoms with Gasteiger partial charge in [0.05, 0.1) is 17.1 Å². The van der Waals surface area contributed by atoms with Crippen LogP contribution in [0.3, 0.4) is 0 Å². The molecule has 0 spiro atoms. The molecule has 1 aliphatic rings. The minimum Gasteiger partial charge on any atom is -0.310 e. The van der Waals surface area contributed by atoms with Gasteiger partial charge in [-0.2, -0.15) is 5.10 Å². The van der Waals surface area contributed by atoms with Crippen molar-refractivity contribution in [3.63, 3.8) is 0 Å². The normalized spacial score (nSPS) is 14.3. The summed E-state index contributed by atoms with van der Waals surface area (Å²) in [6.07, 6.45) is 7.38. The van der Waals surface area contributed by atoms with E-state index in [1.165, 1.54) is 49.6 Å². The van der Waals surface area contributed by atoms with Crippen molar-refractivity contribution < 1.29 is 9.18 Å². The van der Waals surface area contributed by atoms with Gasteiger partial charge in [0.25, 0.3) is 0 Å². The number of amides is 1. The number of anilines is 1. The summed E-state index contributed by atoms with van der Waals surface area (Å²) < 4.78 is 14.8. The molecule has 1 amide bonds. The van der Waals surface area contributed by atoms with Gasteiger partial charge in [-0.15, -0.1) is 5.10 Å². The monoisotopic (exact) mass is 428 g/mol. The molecule has 0 bridgehead atoms. The lowest BCUT2D eigenvalue weighted by molar-refractivity contribution is -0.113. The van der Waals surface area contributed by atoms with Gasteiger partial charge >= 0.3 is 0 Å². The maximum absolute atomic E-state index is 13.2. The molecule has 1 aliphatic carbocycles. The molecule has 0 unspecified atom stereocenters. The second kappa shape index (κ2) is 9.42. The lowest BCUT2D eigenvalue weighted by Crippen LogP contribution is -2.17. The van der Waals surface area contributed by atoms with Gasteiger partial charge in [0.15, 0.2) is 0 Å². The molecule has 2 aromatic heterocycles. The number of thioether (sulfide) groups is 1. The maximum atomic E-state index is 13.2. The van der Waals surface area contributed by atoms with E-state index in [2.05, 4.69) is 25.6 Å². The highest BCUT2D eigenvalue weighted by Gasteiger charge is 2.16. The molecule has 2 N–H and O–H groups in total. The summed E-state index contributed by atoms with van der Waals surface area (Å²) in [5, 5.41) is 15.0. The quantitative estimate of drug-likeness (QED) is 0.523. The third kappa shape index (κ3) is 5.27. The number of rotatable bonds is 8. The second-order valence-corrected chi connectivity index (χ2v) is 8.59. The predicted octanol–water partition coefficient (Wildman–Crippen LogP) is 4.29. The van der Waals surface area contributed by atoms with Gasteiger partial charge in [-0.3, -0.25) is 9.89 Å². The van der Waals surface area contributed by atoms with Crippen molar-refractivity contribution in [3.05, 3.63) is 47.7 Å². The Morgan fingerprint density at radius 1 is 1.30 bits per heavy atom. The van der Waals surface area contributed by atoms with Crippen LogP contribution >= 0.6 is 11.8 Å². The van der Waals surface area contributed by atoms with E-state index in [0.29, 0.717) is 16.7 Å². The number of carbonyl (C=O) groups is 1. The molecule has 1 saturated carbocycles. The fraction of sp³-hybridized carbons (Fsp3) is 0.429. The highest BCUT2D eigenvalue weighted by Crippen LogP contribution is 2.28. The van der Waals surface area contributed by atoms with E-state index < -0.39 is 0 Å². The van der Waals surface area contributed by atoms with Crippen molar-refractivity contribution in [2.45, 2.75) is 50.6 Å². The van der Waals surface area contributed by atoms with Gasteiger partial charge in [0.2, 0.25) is 11.1 Å². The number of hydrogen-bond acceptors (Lipinski definition) is 5. The molecule has 2 heterocycles. The Morgan fingerprint density at radius 3 is 2.83 bits per heavy atom. The number of aromatic amines is 1. The summed E-state index contributed by atoms with van der Waals surface area (Å²) in [6, 6.07) is 7.74. The van der Waals surface area contributed by atoms with E-state index in [4.69, 9.17) is 0 Å². The van der Waals surface area contributed by atoms with Crippen LogP contribution in [0.1, 0.15) is 43.6 Å². The molecule has 1 aromatic carbocycles. The number of nitrogens with zero attached hydrogens (tertiary/aromatic N) is 4. The van der Waals surface area contributed by atoms with Crippen LogP contribution in [0.2, 0.25) is 0 Å². The van der Waals surface area contributed by atoms with Crippen molar-refractivity contribution in [2.24, 2.45) is 5.92 Å². The van der Waals surface area contributed by atoms with Gasteiger partial charge in [-0.1, -0.05) is 37.4 Å². The Morgan fingerprint density at radius 2 is 2.07 bits per heavy atom. The van der Waals surface area contributed by atoms with Gasteiger partial charge in [0.1, 0.15) is 17.5 Å². The molecule has 1 fully saturated rings. The standard InChI is InChI=1S/C21H25FN6OS/c1-14-12-19(28(27-14)17-9-7-16(22)8-10-17)24-20(29)13-30-21-23-18(25-26-21)11-6-15-4-2-3-5-15/h7-10,12,15H,2-6,11,13H2,1H3,(H,24,29)(H,23,25,26). The first-order valence-electron chi connectivity index (χ1n) is 10.2. The summed E-state index contributed by atoms with van der Waals surface area (Å²) in [7, 11) is 0. The van der Waals surface area contributed by atoms with E-state index in [1.54, 1.807) is 22.9 Å². The fourth-order valence-electron chi connectivity index (χ4n) is 3.77. The average molecular weight is 429 g/mol. The minimum atomic E-state index is -0.321. The molecule has 0 aliphatic heterocycles. The van der Waals surface area contributed by atoms with Crippen molar-refractivity contribution in [1.82, 2.24) is 25.0 Å². The lowest BCUT2D eigenvalue weighted by Gasteiger charge is -2.08. The molecule has 9 heteroatoms. The molecule has 30 heavy (non-hydrogen) atoms. The Balaban J connectivity index is 1.31. The largest absolute Gasteiger partial charge is 0.310 e. The number of hydrogen-bond donors (Lipinski definition) is 2. The first-order chi connectivity index (χ1) is 14.6. The zero-order valence-corrected chi connectivity index (χ0v) is 17.7. The molecule has 7 nitrogen and oxygen atoms in total. The summed E-state index contributed by atoms with van der Waals surface area (Å²) in [4.78, 5) is 16.9. The van der Waals surface area contributed by atoms with Crippen LogP contribution in [0.25, 0.3) is 5.69 Å².